The number of imidazole rings is 1. The molecule has 0 aliphatic heterocycles. The molecule has 0 saturated carbocycles. The maximum Gasteiger partial charge on any atom is 0.250 e. The summed E-state index contributed by atoms with van der Waals surface area (Å²) in [4.78, 5) is 19.0. The minimum absolute atomic E-state index is 0.0767. The van der Waals surface area contributed by atoms with Gasteiger partial charge < -0.3 is 9.72 Å². The lowest BCUT2D eigenvalue weighted by molar-refractivity contribution is 0.101. The van der Waals surface area contributed by atoms with Crippen LogP contribution in [0, 0.1) is 0 Å². The summed E-state index contributed by atoms with van der Waals surface area (Å²) in [5.41, 5.74) is 0.414. The molecule has 2 aromatic rings. The van der Waals surface area contributed by atoms with Crippen LogP contribution < -0.4 is 4.74 Å². The fourth-order valence-electron chi connectivity index (χ4n) is 1.60. The fourth-order valence-corrected chi connectivity index (χ4v) is 1.60. The summed E-state index contributed by atoms with van der Waals surface area (Å²) in [6.07, 6.45) is 4.68. The molecule has 0 aliphatic rings. The summed E-state index contributed by atoms with van der Waals surface area (Å²) in [5, 5.41) is 4.15. The summed E-state index contributed by atoms with van der Waals surface area (Å²) in [7, 11) is 1.51. The van der Waals surface area contributed by atoms with E-state index in [1.165, 1.54) is 19.5 Å². The van der Waals surface area contributed by atoms with Crippen molar-refractivity contribution in [3.05, 3.63) is 30.1 Å². The number of ketones is 1. The Labute approximate surface area is 98.6 Å². The molecule has 2 rings (SSSR count). The van der Waals surface area contributed by atoms with Gasteiger partial charge >= 0.3 is 0 Å². The monoisotopic (exact) mass is 234 g/mol. The molecule has 1 N–H and O–H groups in total. The van der Waals surface area contributed by atoms with E-state index in [2.05, 4.69) is 15.1 Å². The molecule has 90 valence electrons. The molecule has 0 aromatic carbocycles. The van der Waals surface area contributed by atoms with Crippen molar-refractivity contribution in [1.29, 1.82) is 0 Å². The van der Waals surface area contributed by atoms with Gasteiger partial charge in [0, 0.05) is 18.4 Å². The average Bonchev–Trinajstić information content (AvgIpc) is 2.96. The van der Waals surface area contributed by atoms with Crippen molar-refractivity contribution in [2.75, 3.05) is 7.11 Å². The van der Waals surface area contributed by atoms with E-state index in [1.807, 2.05) is 13.8 Å². The molecule has 0 amide bonds. The standard InChI is InChI=1S/C11H14N4O2/c1-7(2)15-9(8(17-3)6-14-15)10(16)11-12-4-5-13-11/h4-7H,1-3H3,(H,12,13). The number of rotatable bonds is 4. The lowest BCUT2D eigenvalue weighted by atomic mass is 10.2. The maximum atomic E-state index is 12.2. The molecule has 0 aliphatic carbocycles. The van der Waals surface area contributed by atoms with Gasteiger partial charge in [0.15, 0.2) is 17.3 Å². The number of aromatic amines is 1. The zero-order valence-electron chi connectivity index (χ0n) is 9.97. The van der Waals surface area contributed by atoms with Gasteiger partial charge in [-0.2, -0.15) is 5.10 Å². The van der Waals surface area contributed by atoms with Crippen molar-refractivity contribution in [2.24, 2.45) is 0 Å². The Balaban J connectivity index is 2.49. The lowest BCUT2D eigenvalue weighted by Crippen LogP contribution is -2.15. The van der Waals surface area contributed by atoms with E-state index >= 15 is 0 Å². The van der Waals surface area contributed by atoms with Crippen LogP contribution in [0.1, 0.15) is 36.2 Å². The van der Waals surface area contributed by atoms with E-state index in [0.717, 1.165) is 0 Å². The minimum Gasteiger partial charge on any atom is -0.493 e. The third-order valence-electron chi connectivity index (χ3n) is 2.40. The summed E-state index contributed by atoms with van der Waals surface area (Å²) in [6, 6.07) is 0.0767. The Bertz CT molecular complexity index is 514. The molecule has 0 saturated heterocycles. The normalized spacial score (nSPS) is 10.8. The van der Waals surface area contributed by atoms with E-state index < -0.39 is 0 Å². The third-order valence-corrected chi connectivity index (χ3v) is 2.40. The largest absolute Gasteiger partial charge is 0.493 e. The topological polar surface area (TPSA) is 72.8 Å². The molecule has 0 atom stereocenters. The zero-order chi connectivity index (χ0) is 12.4. The molecular weight excluding hydrogens is 220 g/mol. The maximum absolute atomic E-state index is 12.2. The number of carbonyl (C=O) groups is 1. The molecule has 0 unspecified atom stereocenters. The highest BCUT2D eigenvalue weighted by molar-refractivity contribution is 6.07. The van der Waals surface area contributed by atoms with E-state index in [1.54, 1.807) is 10.9 Å². The molecule has 0 spiro atoms. The second kappa shape index (κ2) is 4.40. The summed E-state index contributed by atoms with van der Waals surface area (Å²) < 4.78 is 6.78. The number of nitrogens with one attached hydrogen (secondary N) is 1. The van der Waals surface area contributed by atoms with Gasteiger partial charge in [-0.15, -0.1) is 0 Å². The first-order valence-corrected chi connectivity index (χ1v) is 5.30. The molecule has 6 nitrogen and oxygen atoms in total. The van der Waals surface area contributed by atoms with Crippen LogP contribution in [-0.4, -0.2) is 32.6 Å². The number of H-pyrrole nitrogens is 1. The van der Waals surface area contributed by atoms with Crippen LogP contribution in [0.2, 0.25) is 0 Å². The van der Waals surface area contributed by atoms with Crippen molar-refractivity contribution in [1.82, 2.24) is 19.7 Å². The Kier molecular flexibility index (Phi) is 2.95. The summed E-state index contributed by atoms with van der Waals surface area (Å²) in [6.45, 7) is 3.90. The van der Waals surface area contributed by atoms with Crippen LogP contribution in [0.25, 0.3) is 0 Å². The van der Waals surface area contributed by atoms with Crippen molar-refractivity contribution in [2.45, 2.75) is 19.9 Å². The quantitative estimate of drug-likeness (QED) is 0.812. The second-order valence-electron chi connectivity index (χ2n) is 3.87. The number of hydrogen-bond donors (Lipinski definition) is 1. The van der Waals surface area contributed by atoms with Gasteiger partial charge in [-0.25, -0.2) is 4.98 Å². The Morgan fingerprint density at radius 3 is 2.82 bits per heavy atom. The van der Waals surface area contributed by atoms with E-state index in [4.69, 9.17) is 4.74 Å². The van der Waals surface area contributed by atoms with Crippen LogP contribution in [0.3, 0.4) is 0 Å². The second-order valence-corrected chi connectivity index (χ2v) is 3.87. The highest BCUT2D eigenvalue weighted by atomic mass is 16.5. The van der Waals surface area contributed by atoms with E-state index in [-0.39, 0.29) is 17.6 Å². The molecule has 0 bridgehead atoms. The number of methoxy groups -OCH3 is 1. The van der Waals surface area contributed by atoms with Crippen molar-refractivity contribution < 1.29 is 9.53 Å². The first kappa shape index (κ1) is 11.4. The van der Waals surface area contributed by atoms with Crippen LogP contribution in [0.5, 0.6) is 5.75 Å². The Morgan fingerprint density at radius 2 is 2.29 bits per heavy atom. The number of aromatic nitrogens is 4. The van der Waals surface area contributed by atoms with Gasteiger partial charge in [0.25, 0.3) is 0 Å². The molecule has 2 aromatic heterocycles. The molecule has 0 radical (unpaired) electrons. The van der Waals surface area contributed by atoms with Crippen LogP contribution in [0.4, 0.5) is 0 Å². The van der Waals surface area contributed by atoms with E-state index in [0.29, 0.717) is 11.4 Å². The van der Waals surface area contributed by atoms with Gasteiger partial charge in [0.05, 0.1) is 13.3 Å². The predicted molar refractivity (Wildman–Crippen MR) is 61.2 cm³/mol. The number of nitrogens with zero attached hydrogens (tertiary/aromatic N) is 3. The number of ether oxygens (including phenoxy) is 1. The van der Waals surface area contributed by atoms with Gasteiger partial charge in [-0.3, -0.25) is 9.48 Å². The zero-order valence-corrected chi connectivity index (χ0v) is 9.97. The Morgan fingerprint density at radius 1 is 1.53 bits per heavy atom. The van der Waals surface area contributed by atoms with Gasteiger partial charge in [0.2, 0.25) is 5.78 Å². The van der Waals surface area contributed by atoms with Crippen molar-refractivity contribution in [3.63, 3.8) is 0 Å². The molecule has 17 heavy (non-hydrogen) atoms. The highest BCUT2D eigenvalue weighted by Crippen LogP contribution is 2.22. The number of carbonyl (C=O) groups excluding carboxylic acids is 1. The van der Waals surface area contributed by atoms with Gasteiger partial charge in [0.1, 0.15) is 0 Å². The minimum atomic E-state index is -0.224. The highest BCUT2D eigenvalue weighted by Gasteiger charge is 2.23. The van der Waals surface area contributed by atoms with Gasteiger partial charge in [-0.1, -0.05) is 0 Å². The van der Waals surface area contributed by atoms with Crippen molar-refractivity contribution in [3.8, 4) is 5.75 Å². The first-order valence-electron chi connectivity index (χ1n) is 5.30. The average molecular weight is 234 g/mol. The number of hydrogen-bond acceptors (Lipinski definition) is 4. The SMILES string of the molecule is COc1cnn(C(C)C)c1C(=O)c1ncc[nH]1. The van der Waals surface area contributed by atoms with Gasteiger partial charge in [-0.05, 0) is 13.8 Å². The predicted octanol–water partition coefficient (Wildman–Crippen LogP) is 1.43. The fraction of sp³-hybridized carbons (Fsp3) is 0.364. The molecule has 0 fully saturated rings. The smallest absolute Gasteiger partial charge is 0.250 e. The van der Waals surface area contributed by atoms with Crippen LogP contribution in [-0.2, 0) is 0 Å². The summed E-state index contributed by atoms with van der Waals surface area (Å²) >= 11 is 0. The first-order chi connectivity index (χ1) is 8.15. The van der Waals surface area contributed by atoms with Crippen molar-refractivity contribution >= 4 is 5.78 Å². The van der Waals surface area contributed by atoms with Crippen LogP contribution in [0.15, 0.2) is 18.6 Å². The lowest BCUT2D eigenvalue weighted by Gasteiger charge is -2.10. The molecular formula is C11H14N4O2. The molecule has 2 heterocycles. The molecule has 6 heteroatoms. The third kappa shape index (κ3) is 1.93. The van der Waals surface area contributed by atoms with Crippen LogP contribution >= 0.6 is 0 Å². The van der Waals surface area contributed by atoms with E-state index in [9.17, 15) is 4.79 Å². The summed E-state index contributed by atoms with van der Waals surface area (Å²) in [5.74, 6) is 0.517. The Hall–Kier alpha value is -2.11.